The number of fused-ring (bicyclic) bond motifs is 1. The van der Waals surface area contributed by atoms with Crippen LogP contribution in [0.15, 0.2) is 53.8 Å². The summed E-state index contributed by atoms with van der Waals surface area (Å²) in [6, 6.07) is 10.1. The van der Waals surface area contributed by atoms with E-state index in [1.807, 2.05) is 46.7 Å². The minimum absolute atomic E-state index is 0.0143. The lowest BCUT2D eigenvalue weighted by Crippen LogP contribution is -2.38. The van der Waals surface area contributed by atoms with Crippen LogP contribution in [0.1, 0.15) is 75.7 Å². The Balaban J connectivity index is 1.60. The lowest BCUT2D eigenvalue weighted by molar-refractivity contribution is -0.129. The highest BCUT2D eigenvalue weighted by molar-refractivity contribution is 5.99. The van der Waals surface area contributed by atoms with Gasteiger partial charge in [-0.3, -0.25) is 9.59 Å². The summed E-state index contributed by atoms with van der Waals surface area (Å²) in [7, 11) is 0. The molecule has 5 nitrogen and oxygen atoms in total. The van der Waals surface area contributed by atoms with Crippen molar-refractivity contribution < 1.29 is 9.59 Å². The molecule has 0 saturated heterocycles. The van der Waals surface area contributed by atoms with Crippen molar-refractivity contribution in [2.24, 2.45) is 0 Å². The molecular formula is C27H35N3O2. The summed E-state index contributed by atoms with van der Waals surface area (Å²) < 4.78 is 1.90. The Morgan fingerprint density at radius 3 is 2.66 bits per heavy atom. The van der Waals surface area contributed by atoms with Gasteiger partial charge in [0.25, 0.3) is 5.91 Å². The molecule has 1 aromatic heterocycles. The molecule has 0 atom stereocenters. The van der Waals surface area contributed by atoms with Gasteiger partial charge in [0.2, 0.25) is 5.91 Å². The number of hydrogen-bond donors (Lipinski definition) is 1. The van der Waals surface area contributed by atoms with Gasteiger partial charge >= 0.3 is 0 Å². The Morgan fingerprint density at radius 1 is 1.12 bits per heavy atom. The number of carbonyl (C=O) groups is 2. The van der Waals surface area contributed by atoms with E-state index < -0.39 is 0 Å². The van der Waals surface area contributed by atoms with Gasteiger partial charge in [0.05, 0.1) is 0 Å². The number of amides is 2. The van der Waals surface area contributed by atoms with Gasteiger partial charge < -0.3 is 14.8 Å². The average molecular weight is 434 g/mol. The second-order valence-electron chi connectivity index (χ2n) is 8.94. The number of rotatable bonds is 7. The third kappa shape index (κ3) is 4.82. The lowest BCUT2D eigenvalue weighted by atomic mass is 9.95. The lowest BCUT2D eigenvalue weighted by Gasteiger charge is -2.26. The highest BCUT2D eigenvalue weighted by Gasteiger charge is 2.24. The first-order chi connectivity index (χ1) is 15.6. The summed E-state index contributed by atoms with van der Waals surface area (Å²) in [5, 5.41) is 4.21. The van der Waals surface area contributed by atoms with E-state index in [1.54, 1.807) is 0 Å². The van der Waals surface area contributed by atoms with Gasteiger partial charge in [-0.15, -0.1) is 0 Å². The Morgan fingerprint density at radius 2 is 1.91 bits per heavy atom. The topological polar surface area (TPSA) is 54.3 Å². The zero-order chi connectivity index (χ0) is 22.5. The molecule has 1 fully saturated rings. The fraction of sp³-hybridized carbons (Fsp3) is 0.481. The van der Waals surface area contributed by atoms with E-state index in [4.69, 9.17) is 0 Å². The molecule has 32 heavy (non-hydrogen) atoms. The molecule has 2 amide bonds. The smallest absolute Gasteiger partial charge is 0.268 e. The molecule has 1 N–H and O–H groups in total. The van der Waals surface area contributed by atoms with Crippen LogP contribution in [-0.4, -0.2) is 33.9 Å². The number of allylic oxidation sites excluding steroid dienone is 3. The van der Waals surface area contributed by atoms with Gasteiger partial charge in [0.15, 0.2) is 0 Å². The second kappa shape index (κ2) is 10.2. The molecule has 1 saturated carbocycles. The zero-order valence-corrected chi connectivity index (χ0v) is 19.4. The molecule has 1 heterocycles. The zero-order valence-electron chi connectivity index (χ0n) is 19.4. The molecule has 0 radical (unpaired) electrons. The van der Waals surface area contributed by atoms with Crippen molar-refractivity contribution in [2.75, 3.05) is 6.54 Å². The molecule has 2 aliphatic rings. The molecule has 4 rings (SSSR count). The summed E-state index contributed by atoms with van der Waals surface area (Å²) in [6.07, 6.45) is 13.0. The summed E-state index contributed by atoms with van der Waals surface area (Å²) in [5.41, 5.74) is 3.87. The normalized spacial score (nSPS) is 17.1. The molecule has 1 aromatic carbocycles. The molecule has 0 spiro atoms. The minimum atomic E-state index is -0.0750. The molecule has 0 bridgehead atoms. The van der Waals surface area contributed by atoms with Crippen molar-refractivity contribution in [1.29, 1.82) is 0 Å². The van der Waals surface area contributed by atoms with Crippen LogP contribution in [0.3, 0.4) is 0 Å². The van der Waals surface area contributed by atoms with Crippen LogP contribution in [0, 0.1) is 0 Å². The van der Waals surface area contributed by atoms with Crippen molar-refractivity contribution in [3.8, 4) is 0 Å². The summed E-state index contributed by atoms with van der Waals surface area (Å²) in [5.74, 6) is -0.0607. The van der Waals surface area contributed by atoms with Crippen LogP contribution in [0.5, 0.6) is 0 Å². The van der Waals surface area contributed by atoms with E-state index in [1.165, 1.54) is 24.8 Å². The molecular weight excluding hydrogens is 398 g/mol. The molecule has 0 unspecified atom stereocenters. The quantitative estimate of drug-likeness (QED) is 0.621. The minimum Gasteiger partial charge on any atom is -0.348 e. The first-order valence-corrected chi connectivity index (χ1v) is 12.2. The van der Waals surface area contributed by atoms with Gasteiger partial charge in [-0.05, 0) is 57.2 Å². The fourth-order valence-electron chi connectivity index (χ4n) is 5.01. The van der Waals surface area contributed by atoms with Gasteiger partial charge in [-0.2, -0.15) is 0 Å². The van der Waals surface area contributed by atoms with Gasteiger partial charge in [0.1, 0.15) is 12.2 Å². The SMILES string of the molecule is CCC1=CC(N(CC)C(=O)Cn2c(C(=O)NC3CCCCC3)cc3ccccc32)=CCC1. The molecule has 5 heteroatoms. The fourth-order valence-corrected chi connectivity index (χ4v) is 5.01. The standard InChI is InChI=1S/C27H35N3O2/c1-3-20-11-10-15-23(17-20)29(4-2)26(31)19-30-24-16-9-8-12-21(24)18-25(30)27(32)28-22-13-6-5-7-14-22/h8-9,12,15-18,22H,3-7,10-11,13-14,19H2,1-2H3,(H,28,32). The number of likely N-dealkylation sites (N-methyl/N-ethyl adjacent to an activating group) is 1. The van der Waals surface area contributed by atoms with E-state index in [-0.39, 0.29) is 24.4 Å². The first-order valence-electron chi connectivity index (χ1n) is 12.2. The predicted molar refractivity (Wildman–Crippen MR) is 129 cm³/mol. The van der Waals surface area contributed by atoms with E-state index >= 15 is 0 Å². The Kier molecular flexibility index (Phi) is 7.13. The number of nitrogens with one attached hydrogen (secondary N) is 1. The molecule has 170 valence electrons. The summed E-state index contributed by atoms with van der Waals surface area (Å²) in [6.45, 7) is 4.94. The van der Waals surface area contributed by atoms with E-state index in [9.17, 15) is 9.59 Å². The predicted octanol–water partition coefficient (Wildman–Crippen LogP) is 5.57. The number of carbonyl (C=O) groups excluding carboxylic acids is 2. The third-order valence-electron chi connectivity index (χ3n) is 6.83. The third-order valence-corrected chi connectivity index (χ3v) is 6.83. The van der Waals surface area contributed by atoms with Crippen LogP contribution in [-0.2, 0) is 11.3 Å². The maximum atomic E-state index is 13.4. The summed E-state index contributed by atoms with van der Waals surface area (Å²) in [4.78, 5) is 28.5. The monoisotopic (exact) mass is 433 g/mol. The number of benzene rings is 1. The number of aromatic nitrogens is 1. The van der Waals surface area contributed by atoms with E-state index in [2.05, 4.69) is 24.4 Å². The highest BCUT2D eigenvalue weighted by Crippen LogP contribution is 2.25. The van der Waals surface area contributed by atoms with Crippen LogP contribution in [0.2, 0.25) is 0 Å². The highest BCUT2D eigenvalue weighted by atomic mass is 16.2. The van der Waals surface area contributed by atoms with Crippen molar-refractivity contribution in [1.82, 2.24) is 14.8 Å². The number of para-hydroxylation sites is 1. The van der Waals surface area contributed by atoms with E-state index in [0.717, 1.165) is 48.7 Å². The van der Waals surface area contributed by atoms with Crippen LogP contribution in [0.4, 0.5) is 0 Å². The first kappa shape index (κ1) is 22.4. The second-order valence-corrected chi connectivity index (χ2v) is 8.94. The Bertz CT molecular complexity index is 1040. The van der Waals surface area contributed by atoms with Gasteiger partial charge in [-0.25, -0.2) is 0 Å². The maximum Gasteiger partial charge on any atom is 0.268 e. The van der Waals surface area contributed by atoms with Crippen LogP contribution >= 0.6 is 0 Å². The molecule has 2 aliphatic carbocycles. The van der Waals surface area contributed by atoms with Gasteiger partial charge in [-0.1, -0.05) is 56.0 Å². The van der Waals surface area contributed by atoms with Crippen molar-refractivity contribution >= 4 is 22.7 Å². The Hall–Kier alpha value is -2.82. The van der Waals surface area contributed by atoms with Crippen molar-refractivity contribution in [3.05, 3.63) is 59.4 Å². The van der Waals surface area contributed by atoms with Crippen molar-refractivity contribution in [3.63, 3.8) is 0 Å². The van der Waals surface area contributed by atoms with Crippen molar-refractivity contribution in [2.45, 2.75) is 77.8 Å². The largest absolute Gasteiger partial charge is 0.348 e. The number of nitrogens with zero attached hydrogens (tertiary/aromatic N) is 2. The van der Waals surface area contributed by atoms with Crippen LogP contribution < -0.4 is 5.32 Å². The molecule has 2 aromatic rings. The number of hydrogen-bond acceptors (Lipinski definition) is 2. The Labute approximate surface area is 191 Å². The maximum absolute atomic E-state index is 13.4. The van der Waals surface area contributed by atoms with Crippen LogP contribution in [0.25, 0.3) is 10.9 Å². The van der Waals surface area contributed by atoms with Gasteiger partial charge in [0, 0.05) is 29.2 Å². The van der Waals surface area contributed by atoms with E-state index in [0.29, 0.717) is 12.2 Å². The summed E-state index contributed by atoms with van der Waals surface area (Å²) >= 11 is 0. The molecule has 0 aliphatic heterocycles. The average Bonchev–Trinajstić information content (AvgIpc) is 3.19.